The molecule has 1 atom stereocenters. The summed E-state index contributed by atoms with van der Waals surface area (Å²) < 4.78 is 5.52. The zero-order valence-corrected chi connectivity index (χ0v) is 11.0. The predicted molar refractivity (Wildman–Crippen MR) is 73.7 cm³/mol. The molecule has 0 aliphatic carbocycles. The third kappa shape index (κ3) is 2.27. The van der Waals surface area contributed by atoms with Crippen molar-refractivity contribution in [2.24, 2.45) is 0 Å². The van der Waals surface area contributed by atoms with Crippen LogP contribution >= 0.6 is 0 Å². The number of benzene rings is 1. The van der Waals surface area contributed by atoms with Gasteiger partial charge in [0.1, 0.15) is 18.2 Å². The molecule has 2 N–H and O–H groups in total. The average molecular weight is 270 g/mol. The van der Waals surface area contributed by atoms with E-state index in [0.717, 1.165) is 11.3 Å². The molecule has 2 aromatic rings. The first-order chi connectivity index (χ1) is 9.78. The first-order valence-corrected chi connectivity index (χ1v) is 6.32. The second-order valence-electron chi connectivity index (χ2n) is 4.43. The molecule has 0 radical (unpaired) electrons. The van der Waals surface area contributed by atoms with Gasteiger partial charge in [-0.3, -0.25) is 4.79 Å². The highest BCUT2D eigenvalue weighted by molar-refractivity contribution is 5.92. The molecule has 102 valence electrons. The van der Waals surface area contributed by atoms with Gasteiger partial charge in [0.05, 0.1) is 6.04 Å². The monoisotopic (exact) mass is 270 g/mol. The summed E-state index contributed by atoms with van der Waals surface area (Å²) in [6, 6.07) is 10.9. The summed E-state index contributed by atoms with van der Waals surface area (Å²) in [4.78, 5) is 12.1. The van der Waals surface area contributed by atoms with Gasteiger partial charge in [-0.1, -0.05) is 18.2 Å². The minimum atomic E-state index is -0.259. The molecule has 1 aliphatic heterocycles. The van der Waals surface area contributed by atoms with Crippen LogP contribution < -0.4 is 15.4 Å². The van der Waals surface area contributed by atoms with Crippen LogP contribution in [0.3, 0.4) is 0 Å². The lowest BCUT2D eigenvalue weighted by Gasteiger charge is -2.11. The molecular weight excluding hydrogens is 256 g/mol. The summed E-state index contributed by atoms with van der Waals surface area (Å²) in [6.07, 6.45) is 0. The van der Waals surface area contributed by atoms with Crippen molar-refractivity contribution in [1.82, 2.24) is 15.5 Å². The standard InChI is InChI=1S/C14H14N4O2/c1-15-13-7-6-10(17-18-13)14(19)16-11-8-20-12-5-3-2-4-9(11)12/h2-7,11H,8H2,1H3,(H,15,18)(H,16,19). The second-order valence-corrected chi connectivity index (χ2v) is 4.43. The van der Waals surface area contributed by atoms with Gasteiger partial charge in [0, 0.05) is 12.6 Å². The highest BCUT2D eigenvalue weighted by Crippen LogP contribution is 2.31. The molecule has 2 heterocycles. The first-order valence-electron chi connectivity index (χ1n) is 6.32. The summed E-state index contributed by atoms with van der Waals surface area (Å²) in [6.45, 7) is 0.438. The first kappa shape index (κ1) is 12.4. The number of aromatic nitrogens is 2. The Bertz CT molecular complexity index is 627. The van der Waals surface area contributed by atoms with Crippen LogP contribution in [0.25, 0.3) is 0 Å². The van der Waals surface area contributed by atoms with Gasteiger partial charge in [-0.2, -0.15) is 0 Å². The van der Waals surface area contributed by atoms with Crippen molar-refractivity contribution >= 4 is 11.7 Å². The van der Waals surface area contributed by atoms with E-state index in [2.05, 4.69) is 20.8 Å². The molecule has 20 heavy (non-hydrogen) atoms. The Morgan fingerprint density at radius 3 is 2.85 bits per heavy atom. The van der Waals surface area contributed by atoms with E-state index < -0.39 is 0 Å². The molecule has 0 fully saturated rings. The third-order valence-electron chi connectivity index (χ3n) is 3.16. The zero-order chi connectivity index (χ0) is 13.9. The minimum Gasteiger partial charge on any atom is -0.491 e. The molecule has 1 aliphatic rings. The molecule has 1 unspecified atom stereocenters. The lowest BCUT2D eigenvalue weighted by Crippen LogP contribution is -2.30. The minimum absolute atomic E-state index is 0.149. The van der Waals surface area contributed by atoms with Gasteiger partial charge in [-0.25, -0.2) is 0 Å². The summed E-state index contributed by atoms with van der Waals surface area (Å²) in [5.41, 5.74) is 1.27. The number of nitrogens with zero attached hydrogens (tertiary/aromatic N) is 2. The van der Waals surface area contributed by atoms with Crippen molar-refractivity contribution in [3.63, 3.8) is 0 Å². The molecule has 6 heteroatoms. The number of anilines is 1. The zero-order valence-electron chi connectivity index (χ0n) is 11.0. The number of ether oxygens (including phenoxy) is 1. The molecule has 1 aromatic heterocycles. The fraction of sp³-hybridized carbons (Fsp3) is 0.214. The normalized spacial score (nSPS) is 16.1. The molecule has 1 amide bonds. The molecule has 0 saturated heterocycles. The van der Waals surface area contributed by atoms with Crippen LogP contribution in [-0.4, -0.2) is 29.8 Å². The van der Waals surface area contributed by atoms with Crippen molar-refractivity contribution in [3.05, 3.63) is 47.7 Å². The third-order valence-corrected chi connectivity index (χ3v) is 3.16. The van der Waals surface area contributed by atoms with E-state index in [1.165, 1.54) is 0 Å². The highest BCUT2D eigenvalue weighted by Gasteiger charge is 2.25. The van der Waals surface area contributed by atoms with Crippen LogP contribution in [0.4, 0.5) is 5.82 Å². The predicted octanol–water partition coefficient (Wildman–Crippen LogP) is 1.38. The molecule has 3 rings (SSSR count). The Morgan fingerprint density at radius 2 is 2.10 bits per heavy atom. The van der Waals surface area contributed by atoms with E-state index in [1.54, 1.807) is 19.2 Å². The fourth-order valence-electron chi connectivity index (χ4n) is 2.10. The highest BCUT2D eigenvalue weighted by atomic mass is 16.5. The van der Waals surface area contributed by atoms with Crippen molar-refractivity contribution in [2.45, 2.75) is 6.04 Å². The van der Waals surface area contributed by atoms with E-state index >= 15 is 0 Å². The molecule has 0 bridgehead atoms. The van der Waals surface area contributed by atoms with E-state index in [-0.39, 0.29) is 17.6 Å². The number of amides is 1. The van der Waals surface area contributed by atoms with Gasteiger partial charge < -0.3 is 15.4 Å². The molecule has 0 saturated carbocycles. The van der Waals surface area contributed by atoms with Crippen molar-refractivity contribution in [1.29, 1.82) is 0 Å². The summed E-state index contributed by atoms with van der Waals surface area (Å²) >= 11 is 0. The smallest absolute Gasteiger partial charge is 0.272 e. The second kappa shape index (κ2) is 5.16. The van der Waals surface area contributed by atoms with Crippen LogP contribution in [0.15, 0.2) is 36.4 Å². The van der Waals surface area contributed by atoms with Crippen LogP contribution in [0.5, 0.6) is 5.75 Å². The maximum Gasteiger partial charge on any atom is 0.272 e. The number of rotatable bonds is 3. The quantitative estimate of drug-likeness (QED) is 0.881. The maximum atomic E-state index is 12.1. The van der Waals surface area contributed by atoms with Crippen molar-refractivity contribution < 1.29 is 9.53 Å². The summed E-state index contributed by atoms with van der Waals surface area (Å²) in [5.74, 6) is 1.18. The van der Waals surface area contributed by atoms with Crippen LogP contribution in [0, 0.1) is 0 Å². The lowest BCUT2D eigenvalue weighted by atomic mass is 10.1. The van der Waals surface area contributed by atoms with Gasteiger partial charge >= 0.3 is 0 Å². The van der Waals surface area contributed by atoms with Gasteiger partial charge in [0.25, 0.3) is 5.91 Å². The molecule has 6 nitrogen and oxygen atoms in total. The fourth-order valence-corrected chi connectivity index (χ4v) is 2.10. The Morgan fingerprint density at radius 1 is 1.25 bits per heavy atom. The largest absolute Gasteiger partial charge is 0.491 e. The van der Waals surface area contributed by atoms with Crippen molar-refractivity contribution in [3.8, 4) is 5.75 Å². The van der Waals surface area contributed by atoms with Crippen LogP contribution in [0.2, 0.25) is 0 Å². The number of nitrogens with one attached hydrogen (secondary N) is 2. The maximum absolute atomic E-state index is 12.1. The number of carbonyl (C=O) groups is 1. The van der Waals surface area contributed by atoms with Crippen molar-refractivity contribution in [2.75, 3.05) is 19.0 Å². The number of hydrogen-bond donors (Lipinski definition) is 2. The Hall–Kier alpha value is -2.63. The SMILES string of the molecule is CNc1ccc(C(=O)NC2COc3ccccc32)nn1. The number of hydrogen-bond acceptors (Lipinski definition) is 5. The average Bonchev–Trinajstić information content (AvgIpc) is 2.91. The van der Waals surface area contributed by atoms with Gasteiger partial charge in [-0.15, -0.1) is 10.2 Å². The number of carbonyl (C=O) groups excluding carboxylic acids is 1. The topological polar surface area (TPSA) is 76.1 Å². The van der Waals surface area contributed by atoms with Gasteiger partial charge in [0.15, 0.2) is 5.69 Å². The van der Waals surface area contributed by atoms with Gasteiger partial charge in [-0.05, 0) is 18.2 Å². The molecule has 1 aromatic carbocycles. The Labute approximate surface area is 116 Å². The number of para-hydroxylation sites is 1. The Balaban J connectivity index is 1.73. The summed E-state index contributed by atoms with van der Waals surface area (Å²) in [5, 5.41) is 13.5. The van der Waals surface area contributed by atoms with E-state index in [9.17, 15) is 4.79 Å². The molecular formula is C14H14N4O2. The van der Waals surface area contributed by atoms with E-state index in [0.29, 0.717) is 12.4 Å². The number of fused-ring (bicyclic) bond motifs is 1. The van der Waals surface area contributed by atoms with Gasteiger partial charge in [0.2, 0.25) is 0 Å². The Kier molecular flexibility index (Phi) is 3.20. The lowest BCUT2D eigenvalue weighted by molar-refractivity contribution is 0.0924. The van der Waals surface area contributed by atoms with Crippen LogP contribution in [-0.2, 0) is 0 Å². The van der Waals surface area contributed by atoms with E-state index in [1.807, 2.05) is 24.3 Å². The van der Waals surface area contributed by atoms with Crippen LogP contribution in [0.1, 0.15) is 22.1 Å². The summed E-state index contributed by atoms with van der Waals surface area (Å²) in [7, 11) is 1.75. The van der Waals surface area contributed by atoms with E-state index in [4.69, 9.17) is 4.74 Å². The molecule has 0 spiro atoms.